The largest absolute Gasteiger partial charge is 0.466 e. The van der Waals surface area contributed by atoms with Crippen molar-refractivity contribution in [2.24, 2.45) is 5.92 Å². The molecule has 2 aromatic rings. The van der Waals surface area contributed by atoms with Crippen LogP contribution in [0.15, 0.2) is 24.4 Å². The van der Waals surface area contributed by atoms with Gasteiger partial charge in [-0.15, -0.1) is 0 Å². The number of rotatable bonds is 7. The number of hydrogen-bond acceptors (Lipinski definition) is 7. The smallest absolute Gasteiger partial charge is 0.389 e. The summed E-state index contributed by atoms with van der Waals surface area (Å²) in [5.74, 6) is 1.49. The third-order valence-corrected chi connectivity index (χ3v) is 5.76. The van der Waals surface area contributed by atoms with Crippen LogP contribution in [0.5, 0.6) is 11.5 Å². The monoisotopic (exact) mass is 465 g/mol. The van der Waals surface area contributed by atoms with Gasteiger partial charge >= 0.3 is 12.1 Å². The number of alkyl halides is 3. The molecule has 0 bridgehead atoms. The van der Waals surface area contributed by atoms with Crippen LogP contribution in [0, 0.1) is 5.92 Å². The average molecular weight is 465 g/mol. The zero-order valence-corrected chi connectivity index (χ0v) is 18.4. The van der Waals surface area contributed by atoms with E-state index in [1.165, 1.54) is 6.20 Å². The molecule has 1 fully saturated rings. The summed E-state index contributed by atoms with van der Waals surface area (Å²) in [5.41, 5.74) is 1.89. The number of esters is 1. The van der Waals surface area contributed by atoms with Crippen molar-refractivity contribution in [2.45, 2.75) is 45.2 Å². The number of carbonyl (C=O) groups is 1. The van der Waals surface area contributed by atoms with Gasteiger partial charge in [-0.25, -0.2) is 4.98 Å². The predicted molar refractivity (Wildman–Crippen MR) is 114 cm³/mol. The summed E-state index contributed by atoms with van der Waals surface area (Å²) in [4.78, 5) is 23.4. The number of anilines is 1. The molecule has 1 saturated heterocycles. The van der Waals surface area contributed by atoms with Crippen LogP contribution in [0.1, 0.15) is 38.3 Å². The fraction of sp³-hybridized carbons (Fsp3) is 0.522. The van der Waals surface area contributed by atoms with Crippen LogP contribution in [0.4, 0.5) is 19.0 Å². The average Bonchev–Trinajstić information content (AvgIpc) is 3.26. The number of benzene rings is 1. The molecule has 1 aromatic carbocycles. The van der Waals surface area contributed by atoms with Gasteiger partial charge in [0, 0.05) is 31.3 Å². The van der Waals surface area contributed by atoms with Crippen LogP contribution < -0.4 is 14.4 Å². The molecule has 0 saturated carbocycles. The Hall–Kier alpha value is -3.04. The van der Waals surface area contributed by atoms with Gasteiger partial charge in [-0.05, 0) is 50.8 Å². The second-order valence-electron chi connectivity index (χ2n) is 8.08. The molecule has 0 atom stereocenters. The first kappa shape index (κ1) is 23.1. The summed E-state index contributed by atoms with van der Waals surface area (Å²) in [6.07, 6.45) is -2.17. The molecular weight excluding hydrogens is 439 g/mol. The molecule has 3 heterocycles. The van der Waals surface area contributed by atoms with E-state index in [0.29, 0.717) is 61.2 Å². The molecule has 33 heavy (non-hydrogen) atoms. The van der Waals surface area contributed by atoms with Crippen molar-refractivity contribution in [2.75, 3.05) is 31.4 Å². The Morgan fingerprint density at radius 2 is 1.97 bits per heavy atom. The van der Waals surface area contributed by atoms with Crippen LogP contribution >= 0.6 is 0 Å². The summed E-state index contributed by atoms with van der Waals surface area (Å²) in [7, 11) is 0. The van der Waals surface area contributed by atoms with E-state index in [1.54, 1.807) is 13.0 Å². The first-order chi connectivity index (χ1) is 15.8. The van der Waals surface area contributed by atoms with Crippen molar-refractivity contribution in [3.8, 4) is 22.8 Å². The van der Waals surface area contributed by atoms with Crippen LogP contribution in [0.2, 0.25) is 0 Å². The number of carbonyl (C=O) groups excluding carboxylic acids is 1. The van der Waals surface area contributed by atoms with Gasteiger partial charge in [-0.3, -0.25) is 9.78 Å². The molecule has 0 N–H and O–H groups in total. The lowest BCUT2D eigenvalue weighted by molar-refractivity contribution is -0.148. The van der Waals surface area contributed by atoms with Gasteiger partial charge in [0.05, 0.1) is 18.2 Å². The second kappa shape index (κ2) is 9.84. The third-order valence-electron chi connectivity index (χ3n) is 5.76. The number of hydrogen-bond donors (Lipinski definition) is 0. The van der Waals surface area contributed by atoms with Gasteiger partial charge in [0.2, 0.25) is 6.79 Å². The minimum atomic E-state index is -4.20. The van der Waals surface area contributed by atoms with Crippen molar-refractivity contribution in [3.05, 3.63) is 30.1 Å². The first-order valence-corrected chi connectivity index (χ1v) is 11.1. The molecule has 0 unspecified atom stereocenters. The van der Waals surface area contributed by atoms with Crippen molar-refractivity contribution >= 4 is 11.8 Å². The Labute approximate surface area is 189 Å². The van der Waals surface area contributed by atoms with E-state index in [9.17, 15) is 18.0 Å². The standard InChI is InChI=1S/C23H26F3N3O4/c1-2-31-22(30)15-7-10-29(11-8-15)21-20(16-5-6-18-19(12-16)33-14-32-18)27-13-17(28-21)4-3-9-23(24,25)26/h5-6,12-13,15H,2-4,7-11,14H2,1H3. The van der Waals surface area contributed by atoms with Crippen molar-refractivity contribution in [1.29, 1.82) is 0 Å². The molecule has 0 amide bonds. The summed E-state index contributed by atoms with van der Waals surface area (Å²) in [6, 6.07) is 5.48. The predicted octanol–water partition coefficient (Wildman–Crippen LogP) is 4.54. The first-order valence-electron chi connectivity index (χ1n) is 11.1. The number of nitrogens with zero attached hydrogens (tertiary/aromatic N) is 3. The molecule has 178 valence electrons. The van der Waals surface area contributed by atoms with E-state index in [4.69, 9.17) is 19.2 Å². The molecule has 0 radical (unpaired) electrons. The summed E-state index contributed by atoms with van der Waals surface area (Å²) in [5, 5.41) is 0. The Kier molecular flexibility index (Phi) is 6.90. The summed E-state index contributed by atoms with van der Waals surface area (Å²) in [6.45, 7) is 3.42. The normalized spacial score (nSPS) is 16.2. The molecular formula is C23H26F3N3O4. The lowest BCUT2D eigenvalue weighted by atomic mass is 9.96. The maximum atomic E-state index is 12.6. The Bertz CT molecular complexity index is 991. The van der Waals surface area contributed by atoms with E-state index >= 15 is 0 Å². The molecule has 2 aliphatic rings. The Morgan fingerprint density at radius 1 is 1.21 bits per heavy atom. The van der Waals surface area contributed by atoms with Gasteiger partial charge in [-0.1, -0.05) is 0 Å². The quantitative estimate of drug-likeness (QED) is 0.556. The molecule has 10 heteroatoms. The second-order valence-corrected chi connectivity index (χ2v) is 8.08. The molecule has 1 aromatic heterocycles. The van der Waals surface area contributed by atoms with Crippen LogP contribution in [0.3, 0.4) is 0 Å². The molecule has 4 rings (SSSR count). The van der Waals surface area contributed by atoms with Crippen LogP contribution in [0.25, 0.3) is 11.3 Å². The number of halogens is 3. The lowest BCUT2D eigenvalue weighted by Crippen LogP contribution is -2.38. The molecule has 7 nitrogen and oxygen atoms in total. The van der Waals surface area contributed by atoms with Crippen molar-refractivity contribution in [1.82, 2.24) is 9.97 Å². The van der Waals surface area contributed by atoms with Gasteiger partial charge in [0.1, 0.15) is 5.69 Å². The number of aryl methyl sites for hydroxylation is 1. The van der Waals surface area contributed by atoms with Crippen molar-refractivity contribution in [3.63, 3.8) is 0 Å². The zero-order chi connectivity index (χ0) is 23.4. The van der Waals surface area contributed by atoms with E-state index in [-0.39, 0.29) is 31.5 Å². The number of ether oxygens (including phenoxy) is 3. The highest BCUT2D eigenvalue weighted by Gasteiger charge is 2.29. The summed E-state index contributed by atoms with van der Waals surface area (Å²) >= 11 is 0. The third kappa shape index (κ3) is 5.66. The van der Waals surface area contributed by atoms with Gasteiger partial charge in [0.25, 0.3) is 0 Å². The molecule has 0 aliphatic carbocycles. The fourth-order valence-electron chi connectivity index (χ4n) is 4.06. The van der Waals surface area contributed by atoms with E-state index in [0.717, 1.165) is 5.56 Å². The van der Waals surface area contributed by atoms with Crippen molar-refractivity contribution < 1.29 is 32.2 Å². The van der Waals surface area contributed by atoms with Gasteiger partial charge in [0.15, 0.2) is 17.3 Å². The highest BCUT2D eigenvalue weighted by molar-refractivity contribution is 5.76. The number of aromatic nitrogens is 2. The maximum Gasteiger partial charge on any atom is 0.389 e. The minimum absolute atomic E-state index is 0.0497. The summed E-state index contributed by atoms with van der Waals surface area (Å²) < 4.78 is 53.7. The van der Waals surface area contributed by atoms with Crippen LogP contribution in [-0.2, 0) is 16.0 Å². The zero-order valence-electron chi connectivity index (χ0n) is 18.4. The van der Waals surface area contributed by atoms with E-state index in [1.807, 2.05) is 17.0 Å². The SMILES string of the molecule is CCOC(=O)C1CCN(c2nc(CCCC(F)(F)F)cnc2-c2ccc3c(c2)OCO3)CC1. The lowest BCUT2D eigenvalue weighted by Gasteiger charge is -2.32. The number of piperidine rings is 1. The highest BCUT2D eigenvalue weighted by atomic mass is 19.4. The molecule has 2 aliphatic heterocycles. The minimum Gasteiger partial charge on any atom is -0.466 e. The van der Waals surface area contributed by atoms with E-state index < -0.39 is 12.6 Å². The topological polar surface area (TPSA) is 73.8 Å². The Balaban J connectivity index is 1.58. The number of fused-ring (bicyclic) bond motifs is 1. The van der Waals surface area contributed by atoms with Gasteiger partial charge < -0.3 is 19.1 Å². The Morgan fingerprint density at radius 3 is 2.70 bits per heavy atom. The highest BCUT2D eigenvalue weighted by Crippen LogP contribution is 2.38. The fourth-order valence-corrected chi connectivity index (χ4v) is 4.06. The van der Waals surface area contributed by atoms with Crippen LogP contribution in [-0.4, -0.2) is 48.6 Å². The molecule has 0 spiro atoms. The van der Waals surface area contributed by atoms with Gasteiger partial charge in [-0.2, -0.15) is 13.2 Å². The van der Waals surface area contributed by atoms with E-state index in [2.05, 4.69) is 4.98 Å². The maximum absolute atomic E-state index is 12.6.